The molecule has 0 radical (unpaired) electrons. The van der Waals surface area contributed by atoms with Crippen LogP contribution in [-0.2, 0) is 0 Å². The molecular formula is C11H16O2. The first kappa shape index (κ1) is 7.24. The van der Waals surface area contributed by atoms with Crippen LogP contribution in [0.3, 0.4) is 0 Å². The van der Waals surface area contributed by atoms with Gasteiger partial charge in [0, 0.05) is 17.4 Å². The van der Waals surface area contributed by atoms with Crippen LogP contribution in [0.1, 0.15) is 32.1 Å². The zero-order valence-corrected chi connectivity index (χ0v) is 7.79. The number of fused-ring (bicyclic) bond motifs is 1. The van der Waals surface area contributed by atoms with Gasteiger partial charge in [-0.15, -0.1) is 0 Å². The van der Waals surface area contributed by atoms with E-state index in [0.717, 1.165) is 24.7 Å². The van der Waals surface area contributed by atoms with Crippen LogP contribution >= 0.6 is 0 Å². The second kappa shape index (κ2) is 1.59. The molecule has 0 aromatic carbocycles. The van der Waals surface area contributed by atoms with E-state index in [-0.39, 0.29) is 16.4 Å². The van der Waals surface area contributed by atoms with Gasteiger partial charge in [-0.3, -0.25) is 0 Å². The van der Waals surface area contributed by atoms with Crippen molar-refractivity contribution in [1.82, 2.24) is 0 Å². The van der Waals surface area contributed by atoms with E-state index in [9.17, 15) is 10.2 Å². The van der Waals surface area contributed by atoms with Gasteiger partial charge in [0.2, 0.25) is 0 Å². The van der Waals surface area contributed by atoms with Gasteiger partial charge in [-0.05, 0) is 43.9 Å². The van der Waals surface area contributed by atoms with Gasteiger partial charge in [0.1, 0.15) is 0 Å². The summed E-state index contributed by atoms with van der Waals surface area (Å²) in [5.74, 6) is 1.49. The number of hydrogen-bond acceptors (Lipinski definition) is 2. The summed E-state index contributed by atoms with van der Waals surface area (Å²) in [6.07, 6.45) is 5.68. The molecule has 2 nitrogen and oxygen atoms in total. The third kappa shape index (κ3) is 0.435. The molecule has 1 spiro atoms. The van der Waals surface area contributed by atoms with Crippen molar-refractivity contribution >= 4 is 0 Å². The third-order valence-corrected chi connectivity index (χ3v) is 5.91. The van der Waals surface area contributed by atoms with Gasteiger partial charge in [0.05, 0.1) is 5.60 Å². The molecule has 2 N–H and O–H groups in total. The highest BCUT2D eigenvalue weighted by Gasteiger charge is 2.86. The first-order valence-electron chi connectivity index (χ1n) is 5.49. The van der Waals surface area contributed by atoms with Gasteiger partial charge < -0.3 is 10.2 Å². The molecule has 0 aliphatic heterocycles. The van der Waals surface area contributed by atoms with Crippen molar-refractivity contribution < 1.29 is 10.2 Å². The molecule has 4 fully saturated rings. The summed E-state index contributed by atoms with van der Waals surface area (Å²) in [7, 11) is 0. The predicted molar refractivity (Wildman–Crippen MR) is 47.0 cm³/mol. The van der Waals surface area contributed by atoms with Gasteiger partial charge in [-0.25, -0.2) is 0 Å². The first-order chi connectivity index (χ1) is 6.16. The van der Waals surface area contributed by atoms with E-state index >= 15 is 0 Å². The van der Waals surface area contributed by atoms with E-state index in [2.05, 4.69) is 0 Å². The van der Waals surface area contributed by atoms with Crippen molar-refractivity contribution in [2.45, 2.75) is 37.7 Å². The number of aliphatic hydroxyl groups is 2. The van der Waals surface area contributed by atoms with Gasteiger partial charge in [-0.2, -0.15) is 0 Å². The normalized spacial score (nSPS) is 71.5. The molecule has 2 bridgehead atoms. The average molecular weight is 180 g/mol. The highest BCUT2D eigenvalue weighted by atomic mass is 16.3. The second-order valence-corrected chi connectivity index (χ2v) is 6.02. The highest BCUT2D eigenvalue weighted by Crippen LogP contribution is 2.87. The molecule has 5 atom stereocenters. The Kier molecular flexibility index (Phi) is 0.885. The van der Waals surface area contributed by atoms with Gasteiger partial charge >= 0.3 is 0 Å². The second-order valence-electron chi connectivity index (χ2n) is 6.02. The highest BCUT2D eigenvalue weighted by molar-refractivity contribution is 5.35. The molecular weight excluding hydrogens is 164 g/mol. The average Bonchev–Trinajstić information content (AvgIpc) is 2.48. The minimum Gasteiger partial charge on any atom is -0.396 e. The minimum atomic E-state index is -0.346. The van der Waals surface area contributed by atoms with Crippen molar-refractivity contribution in [3.05, 3.63) is 0 Å². The Morgan fingerprint density at radius 3 is 2.46 bits per heavy atom. The van der Waals surface area contributed by atoms with E-state index in [0.29, 0.717) is 6.61 Å². The quantitative estimate of drug-likeness (QED) is 0.630. The number of aliphatic hydroxyl groups excluding tert-OH is 1. The van der Waals surface area contributed by atoms with E-state index < -0.39 is 0 Å². The molecule has 2 heteroatoms. The van der Waals surface area contributed by atoms with Crippen LogP contribution in [0.2, 0.25) is 0 Å². The monoisotopic (exact) mass is 180 g/mol. The Morgan fingerprint density at radius 2 is 1.92 bits per heavy atom. The fourth-order valence-electron chi connectivity index (χ4n) is 5.78. The largest absolute Gasteiger partial charge is 0.396 e. The maximum Gasteiger partial charge on any atom is 0.0718 e. The summed E-state index contributed by atoms with van der Waals surface area (Å²) in [6.45, 7) is 0.322. The van der Waals surface area contributed by atoms with Crippen LogP contribution in [0.15, 0.2) is 0 Å². The standard InChI is InChI=1S/C11H16O2/c12-6-9-1-7-2-10(13)5-8(4-9)11(9,10)3-7/h7-8,12-13H,1-6H2. The van der Waals surface area contributed by atoms with Crippen molar-refractivity contribution in [2.75, 3.05) is 6.61 Å². The zero-order chi connectivity index (χ0) is 8.90. The summed E-state index contributed by atoms with van der Waals surface area (Å²) in [5.41, 5.74) is 0.00850. The van der Waals surface area contributed by atoms with Crippen LogP contribution in [0.25, 0.3) is 0 Å². The third-order valence-electron chi connectivity index (χ3n) is 5.91. The Labute approximate surface area is 78.0 Å². The molecule has 0 heterocycles. The van der Waals surface area contributed by atoms with Crippen LogP contribution < -0.4 is 0 Å². The maximum absolute atomic E-state index is 10.4. The van der Waals surface area contributed by atoms with Crippen LogP contribution in [-0.4, -0.2) is 22.4 Å². The lowest BCUT2D eigenvalue weighted by molar-refractivity contribution is -0.336. The van der Waals surface area contributed by atoms with Crippen molar-refractivity contribution in [1.29, 1.82) is 0 Å². The fourth-order valence-corrected chi connectivity index (χ4v) is 5.78. The Morgan fingerprint density at radius 1 is 1.08 bits per heavy atom. The molecule has 0 aromatic heterocycles. The lowest BCUT2D eigenvalue weighted by atomic mass is 9.30. The van der Waals surface area contributed by atoms with Crippen molar-refractivity contribution in [2.24, 2.45) is 22.7 Å². The van der Waals surface area contributed by atoms with Gasteiger partial charge in [-0.1, -0.05) is 0 Å². The van der Waals surface area contributed by atoms with Crippen molar-refractivity contribution in [3.63, 3.8) is 0 Å². The number of hydrogen-bond donors (Lipinski definition) is 2. The molecule has 4 saturated carbocycles. The van der Waals surface area contributed by atoms with Crippen molar-refractivity contribution in [3.8, 4) is 0 Å². The molecule has 0 saturated heterocycles. The Bertz CT molecular complexity index is 302. The summed E-state index contributed by atoms with van der Waals surface area (Å²) in [5, 5.41) is 19.9. The first-order valence-corrected chi connectivity index (χ1v) is 5.49. The van der Waals surface area contributed by atoms with Gasteiger partial charge in [0.15, 0.2) is 0 Å². The van der Waals surface area contributed by atoms with E-state index in [4.69, 9.17) is 0 Å². The topological polar surface area (TPSA) is 40.5 Å². The smallest absolute Gasteiger partial charge is 0.0718 e. The van der Waals surface area contributed by atoms with Crippen LogP contribution in [0.5, 0.6) is 0 Å². The molecule has 13 heavy (non-hydrogen) atoms. The molecule has 0 aromatic rings. The van der Waals surface area contributed by atoms with Gasteiger partial charge in [0.25, 0.3) is 0 Å². The molecule has 5 unspecified atom stereocenters. The minimum absolute atomic E-state index is 0.160. The van der Waals surface area contributed by atoms with E-state index in [1.54, 1.807) is 0 Å². The molecule has 72 valence electrons. The zero-order valence-electron chi connectivity index (χ0n) is 7.79. The predicted octanol–water partition coefficient (Wildman–Crippen LogP) is 0.920. The summed E-state index contributed by atoms with van der Waals surface area (Å²) in [4.78, 5) is 0. The summed E-state index contributed by atoms with van der Waals surface area (Å²) >= 11 is 0. The molecule has 4 aliphatic rings. The Balaban J connectivity index is 1.89. The fraction of sp³-hybridized carbons (Fsp3) is 1.00. The lowest BCUT2D eigenvalue weighted by Crippen LogP contribution is -2.76. The van der Waals surface area contributed by atoms with Crippen LogP contribution in [0, 0.1) is 22.7 Å². The molecule has 4 aliphatic carbocycles. The SMILES string of the molecule is OCC12CC3CC4(O)CC(C1)C42C3. The van der Waals surface area contributed by atoms with E-state index in [1.165, 1.54) is 19.3 Å². The number of rotatable bonds is 1. The summed E-state index contributed by atoms with van der Waals surface area (Å²) in [6, 6.07) is 0. The molecule has 4 rings (SSSR count). The van der Waals surface area contributed by atoms with Crippen LogP contribution in [0.4, 0.5) is 0 Å². The van der Waals surface area contributed by atoms with E-state index in [1.807, 2.05) is 0 Å². The Hall–Kier alpha value is -0.0800. The summed E-state index contributed by atoms with van der Waals surface area (Å²) < 4.78 is 0. The molecule has 0 amide bonds. The maximum atomic E-state index is 10.4. The lowest BCUT2D eigenvalue weighted by Gasteiger charge is -2.75.